The van der Waals surface area contributed by atoms with E-state index in [-0.39, 0.29) is 18.9 Å². The molecule has 0 bridgehead atoms. The van der Waals surface area contributed by atoms with Gasteiger partial charge in [-0.1, -0.05) is 0 Å². The van der Waals surface area contributed by atoms with Crippen LogP contribution in [-0.2, 0) is 9.59 Å². The van der Waals surface area contributed by atoms with E-state index in [9.17, 15) is 14.4 Å². The number of carbonyl (C=O) groups is 3. The molecule has 0 aromatic heterocycles. The van der Waals surface area contributed by atoms with Gasteiger partial charge in [-0.05, 0) is 12.8 Å². The van der Waals surface area contributed by atoms with Crippen LogP contribution in [0.1, 0.15) is 19.3 Å². The first-order chi connectivity index (χ1) is 8.06. The van der Waals surface area contributed by atoms with Crippen molar-refractivity contribution in [2.45, 2.75) is 25.3 Å². The molecule has 1 fully saturated rings. The number of aliphatic carboxylic acids is 1. The van der Waals surface area contributed by atoms with Crippen molar-refractivity contribution in [2.75, 3.05) is 20.1 Å². The Morgan fingerprint density at radius 2 is 2.12 bits per heavy atom. The molecule has 0 radical (unpaired) electrons. The van der Waals surface area contributed by atoms with Crippen LogP contribution in [0.5, 0.6) is 0 Å². The van der Waals surface area contributed by atoms with Gasteiger partial charge in [-0.25, -0.2) is 9.59 Å². The van der Waals surface area contributed by atoms with Gasteiger partial charge in [0.2, 0.25) is 5.91 Å². The lowest BCUT2D eigenvalue weighted by Crippen LogP contribution is -2.46. The number of amides is 3. The minimum Gasteiger partial charge on any atom is -0.480 e. The molecule has 7 heteroatoms. The monoisotopic (exact) mass is 243 g/mol. The highest BCUT2D eigenvalue weighted by Crippen LogP contribution is 2.17. The Kier molecular flexibility index (Phi) is 4.74. The van der Waals surface area contributed by atoms with Crippen LogP contribution in [0.25, 0.3) is 0 Å². The zero-order valence-corrected chi connectivity index (χ0v) is 9.73. The molecule has 0 aromatic carbocycles. The Bertz CT molecular complexity index is 319. The first kappa shape index (κ1) is 13.3. The molecule has 1 heterocycles. The highest BCUT2D eigenvalue weighted by atomic mass is 16.4. The maximum atomic E-state index is 11.6. The van der Waals surface area contributed by atoms with Crippen LogP contribution in [0.4, 0.5) is 4.79 Å². The molecule has 3 N–H and O–H groups in total. The average molecular weight is 243 g/mol. The van der Waals surface area contributed by atoms with Crippen molar-refractivity contribution in [3.63, 3.8) is 0 Å². The number of carbonyl (C=O) groups excluding carboxylic acids is 2. The molecule has 1 rings (SSSR count). The van der Waals surface area contributed by atoms with Crippen LogP contribution in [-0.4, -0.2) is 54.1 Å². The zero-order chi connectivity index (χ0) is 12.8. The zero-order valence-electron chi connectivity index (χ0n) is 9.73. The lowest BCUT2D eigenvalue weighted by Gasteiger charge is -2.21. The maximum absolute atomic E-state index is 11.6. The van der Waals surface area contributed by atoms with E-state index in [0.29, 0.717) is 19.4 Å². The summed E-state index contributed by atoms with van der Waals surface area (Å²) >= 11 is 0. The molecule has 1 unspecified atom stereocenters. The van der Waals surface area contributed by atoms with E-state index in [1.165, 1.54) is 11.9 Å². The van der Waals surface area contributed by atoms with E-state index in [2.05, 4.69) is 10.6 Å². The molecular formula is C10H17N3O4. The summed E-state index contributed by atoms with van der Waals surface area (Å²) in [4.78, 5) is 34.7. The van der Waals surface area contributed by atoms with Crippen molar-refractivity contribution in [1.82, 2.24) is 15.5 Å². The summed E-state index contributed by atoms with van der Waals surface area (Å²) in [5.74, 6) is -1.15. The maximum Gasteiger partial charge on any atom is 0.326 e. The summed E-state index contributed by atoms with van der Waals surface area (Å²) in [6.45, 7) is 0.657. The van der Waals surface area contributed by atoms with Gasteiger partial charge in [0.25, 0.3) is 0 Å². The fourth-order valence-electron chi connectivity index (χ4n) is 1.78. The molecule has 0 spiro atoms. The van der Waals surface area contributed by atoms with Gasteiger partial charge in [0.1, 0.15) is 6.04 Å². The van der Waals surface area contributed by atoms with E-state index >= 15 is 0 Å². The number of likely N-dealkylation sites (tertiary alicyclic amines) is 1. The molecule has 7 nitrogen and oxygen atoms in total. The fourth-order valence-corrected chi connectivity index (χ4v) is 1.78. The number of hydrogen-bond donors (Lipinski definition) is 3. The minimum atomic E-state index is -0.982. The summed E-state index contributed by atoms with van der Waals surface area (Å²) in [7, 11) is 1.52. The van der Waals surface area contributed by atoms with Gasteiger partial charge in [0.15, 0.2) is 0 Å². The predicted molar refractivity (Wildman–Crippen MR) is 59.4 cm³/mol. The molecule has 17 heavy (non-hydrogen) atoms. The second kappa shape index (κ2) is 6.07. The summed E-state index contributed by atoms with van der Waals surface area (Å²) < 4.78 is 0. The van der Waals surface area contributed by atoms with Crippen molar-refractivity contribution < 1.29 is 19.5 Å². The largest absolute Gasteiger partial charge is 0.480 e. The Balaban J connectivity index is 2.37. The molecule has 0 aliphatic carbocycles. The Morgan fingerprint density at radius 3 is 2.71 bits per heavy atom. The van der Waals surface area contributed by atoms with E-state index in [1.807, 2.05) is 0 Å². The topological polar surface area (TPSA) is 98.7 Å². The molecule has 1 atom stereocenters. The molecular weight excluding hydrogens is 226 g/mol. The van der Waals surface area contributed by atoms with E-state index in [4.69, 9.17) is 5.11 Å². The summed E-state index contributed by atoms with van der Waals surface area (Å²) in [5, 5.41) is 13.9. The van der Waals surface area contributed by atoms with Gasteiger partial charge in [-0.3, -0.25) is 4.79 Å². The van der Waals surface area contributed by atoms with Gasteiger partial charge in [-0.2, -0.15) is 0 Å². The molecule has 1 saturated heterocycles. The highest BCUT2D eigenvalue weighted by Gasteiger charge is 2.33. The summed E-state index contributed by atoms with van der Waals surface area (Å²) in [6, 6.07) is -1.16. The van der Waals surface area contributed by atoms with Crippen LogP contribution < -0.4 is 10.6 Å². The lowest BCUT2D eigenvalue weighted by atomic mass is 10.2. The third kappa shape index (κ3) is 3.61. The Morgan fingerprint density at radius 1 is 1.41 bits per heavy atom. The van der Waals surface area contributed by atoms with Gasteiger partial charge < -0.3 is 20.6 Å². The smallest absolute Gasteiger partial charge is 0.326 e. The lowest BCUT2D eigenvalue weighted by molar-refractivity contribution is -0.141. The molecule has 1 aliphatic heterocycles. The van der Waals surface area contributed by atoms with Gasteiger partial charge in [-0.15, -0.1) is 0 Å². The van der Waals surface area contributed by atoms with Crippen LogP contribution in [0.2, 0.25) is 0 Å². The van der Waals surface area contributed by atoms with Crippen molar-refractivity contribution in [1.29, 1.82) is 0 Å². The van der Waals surface area contributed by atoms with Gasteiger partial charge in [0, 0.05) is 26.6 Å². The molecule has 0 saturated carbocycles. The van der Waals surface area contributed by atoms with E-state index in [1.54, 1.807) is 0 Å². The second-order valence-corrected chi connectivity index (χ2v) is 3.84. The first-order valence-electron chi connectivity index (χ1n) is 5.54. The summed E-state index contributed by atoms with van der Waals surface area (Å²) in [5.41, 5.74) is 0. The third-order valence-electron chi connectivity index (χ3n) is 2.71. The number of rotatable bonds is 4. The van der Waals surface area contributed by atoms with E-state index < -0.39 is 18.0 Å². The molecule has 3 amide bonds. The van der Waals surface area contributed by atoms with Crippen molar-refractivity contribution in [2.24, 2.45) is 0 Å². The number of hydrogen-bond acceptors (Lipinski definition) is 3. The first-order valence-corrected chi connectivity index (χ1v) is 5.54. The van der Waals surface area contributed by atoms with Gasteiger partial charge >= 0.3 is 12.0 Å². The number of carboxylic acids is 1. The predicted octanol–water partition coefficient (Wildman–Crippen LogP) is -0.619. The van der Waals surface area contributed by atoms with Gasteiger partial charge in [0.05, 0.1) is 0 Å². The Hall–Kier alpha value is -1.79. The van der Waals surface area contributed by atoms with Crippen LogP contribution >= 0.6 is 0 Å². The fraction of sp³-hybridized carbons (Fsp3) is 0.700. The molecule has 1 aliphatic rings. The quantitative estimate of drug-likeness (QED) is 0.613. The second-order valence-electron chi connectivity index (χ2n) is 3.84. The average Bonchev–Trinajstić information content (AvgIpc) is 2.77. The van der Waals surface area contributed by atoms with Crippen LogP contribution in [0.15, 0.2) is 0 Å². The minimum absolute atomic E-state index is 0.165. The third-order valence-corrected chi connectivity index (χ3v) is 2.71. The number of nitrogens with zero attached hydrogens (tertiary/aromatic N) is 1. The normalized spacial score (nSPS) is 18.9. The summed E-state index contributed by atoms with van der Waals surface area (Å²) in [6.07, 6.45) is 1.37. The Labute approximate surface area is 99.2 Å². The van der Waals surface area contributed by atoms with Crippen molar-refractivity contribution in [3.05, 3.63) is 0 Å². The number of urea groups is 1. The van der Waals surface area contributed by atoms with Crippen LogP contribution in [0, 0.1) is 0 Å². The number of carboxylic acid groups (broad SMARTS) is 1. The van der Waals surface area contributed by atoms with E-state index in [0.717, 1.165) is 0 Å². The standard InChI is InChI=1S/C10H17N3O4/c1-11-8(14)4-5-12-10(17)13-6-2-3-7(13)9(15)16/h7H,2-6H2,1H3,(H,11,14)(H,12,17)(H,15,16). The number of nitrogens with one attached hydrogen (secondary N) is 2. The molecule has 96 valence electrons. The molecule has 0 aromatic rings. The van der Waals surface area contributed by atoms with Crippen LogP contribution in [0.3, 0.4) is 0 Å². The van der Waals surface area contributed by atoms with Crippen molar-refractivity contribution >= 4 is 17.9 Å². The SMILES string of the molecule is CNC(=O)CCNC(=O)N1CCCC1C(=O)O. The highest BCUT2D eigenvalue weighted by molar-refractivity contribution is 5.83. The van der Waals surface area contributed by atoms with Crippen molar-refractivity contribution in [3.8, 4) is 0 Å².